The molecule has 2 atom stereocenters. The largest absolute Gasteiger partial charge is 0.481 e. The summed E-state index contributed by atoms with van der Waals surface area (Å²) in [5.74, 6) is 0.253. The Bertz CT molecular complexity index is 684. The minimum atomic E-state index is -0.622. The Balaban J connectivity index is 1.90. The Labute approximate surface area is 142 Å². The number of hydrogen-bond acceptors (Lipinski definition) is 3. The molecule has 0 radical (unpaired) electrons. The fourth-order valence-corrected chi connectivity index (χ4v) is 2.23. The summed E-state index contributed by atoms with van der Waals surface area (Å²) in [5.41, 5.74) is 1.72. The van der Waals surface area contributed by atoms with Crippen molar-refractivity contribution in [3.8, 4) is 5.75 Å². The van der Waals surface area contributed by atoms with Gasteiger partial charge in [-0.05, 0) is 43.7 Å². The highest BCUT2D eigenvalue weighted by Crippen LogP contribution is 2.17. The monoisotopic (exact) mass is 326 g/mol. The second-order valence-electron chi connectivity index (χ2n) is 5.61. The van der Waals surface area contributed by atoms with Gasteiger partial charge in [-0.1, -0.05) is 30.3 Å². The molecule has 0 aliphatic heterocycles. The maximum Gasteiger partial charge on any atom is 0.261 e. The first kappa shape index (κ1) is 17.5. The maximum absolute atomic E-state index is 12.3. The molecule has 5 heteroatoms. The van der Waals surface area contributed by atoms with Gasteiger partial charge < -0.3 is 15.4 Å². The average Bonchev–Trinajstić information content (AvgIpc) is 2.56. The number of amides is 2. The molecule has 0 aliphatic carbocycles. The lowest BCUT2D eigenvalue weighted by Gasteiger charge is -2.19. The summed E-state index contributed by atoms with van der Waals surface area (Å²) in [5, 5.41) is 5.61. The van der Waals surface area contributed by atoms with E-state index in [1.54, 1.807) is 31.2 Å². The highest BCUT2D eigenvalue weighted by molar-refractivity contribution is 5.88. The number of carbonyl (C=O) groups is 2. The van der Waals surface area contributed by atoms with Crippen molar-refractivity contribution in [3.05, 3.63) is 60.2 Å². The van der Waals surface area contributed by atoms with Gasteiger partial charge in [0.1, 0.15) is 5.75 Å². The van der Waals surface area contributed by atoms with Gasteiger partial charge in [0.05, 0.1) is 6.04 Å². The van der Waals surface area contributed by atoms with Gasteiger partial charge in [-0.15, -0.1) is 0 Å². The minimum absolute atomic E-state index is 0.0908. The third-order valence-corrected chi connectivity index (χ3v) is 3.52. The molecule has 2 aromatic rings. The highest BCUT2D eigenvalue weighted by Gasteiger charge is 2.17. The van der Waals surface area contributed by atoms with Crippen LogP contribution in [0.25, 0.3) is 0 Å². The van der Waals surface area contributed by atoms with Crippen molar-refractivity contribution in [2.75, 3.05) is 5.32 Å². The van der Waals surface area contributed by atoms with Crippen LogP contribution in [-0.4, -0.2) is 17.9 Å². The second kappa shape index (κ2) is 8.15. The van der Waals surface area contributed by atoms with Crippen LogP contribution in [0.15, 0.2) is 54.6 Å². The number of benzene rings is 2. The molecule has 0 aliphatic rings. The smallest absolute Gasteiger partial charge is 0.261 e. The van der Waals surface area contributed by atoms with E-state index in [1.807, 2.05) is 37.3 Å². The third-order valence-electron chi connectivity index (χ3n) is 3.52. The van der Waals surface area contributed by atoms with Gasteiger partial charge in [0, 0.05) is 12.6 Å². The zero-order chi connectivity index (χ0) is 17.5. The van der Waals surface area contributed by atoms with Crippen LogP contribution < -0.4 is 15.4 Å². The molecular formula is C19H22N2O3. The molecule has 2 aromatic carbocycles. The van der Waals surface area contributed by atoms with Crippen molar-refractivity contribution in [2.45, 2.75) is 32.9 Å². The molecule has 0 heterocycles. The van der Waals surface area contributed by atoms with Crippen LogP contribution in [0.4, 0.5) is 5.69 Å². The van der Waals surface area contributed by atoms with E-state index >= 15 is 0 Å². The molecule has 126 valence electrons. The molecule has 0 fully saturated rings. The van der Waals surface area contributed by atoms with Crippen molar-refractivity contribution < 1.29 is 14.3 Å². The standard InChI is InChI=1S/C19H22N2O3/c1-13(16-7-5-4-6-8-16)20-19(23)14(2)24-18-11-9-17(10-12-18)21-15(3)22/h4-14H,1-3H3,(H,20,23)(H,21,22)/t13-,14-/m1/s1. The first-order chi connectivity index (χ1) is 11.5. The average molecular weight is 326 g/mol. The summed E-state index contributed by atoms with van der Waals surface area (Å²) >= 11 is 0. The minimum Gasteiger partial charge on any atom is -0.481 e. The van der Waals surface area contributed by atoms with Gasteiger partial charge in [0.25, 0.3) is 5.91 Å². The SMILES string of the molecule is CC(=O)Nc1ccc(O[C@H](C)C(=O)N[C@H](C)c2ccccc2)cc1. The number of anilines is 1. The van der Waals surface area contributed by atoms with Crippen LogP contribution in [0.2, 0.25) is 0 Å². The molecule has 24 heavy (non-hydrogen) atoms. The van der Waals surface area contributed by atoms with E-state index in [9.17, 15) is 9.59 Å². The number of ether oxygens (including phenoxy) is 1. The Morgan fingerprint density at radius 2 is 1.58 bits per heavy atom. The number of carbonyl (C=O) groups excluding carboxylic acids is 2. The third kappa shape index (κ3) is 5.12. The van der Waals surface area contributed by atoms with Crippen LogP contribution >= 0.6 is 0 Å². The quantitative estimate of drug-likeness (QED) is 0.856. The molecule has 2 amide bonds. The molecule has 0 saturated heterocycles. The highest BCUT2D eigenvalue weighted by atomic mass is 16.5. The Morgan fingerprint density at radius 1 is 0.958 bits per heavy atom. The molecule has 2 rings (SSSR count). The topological polar surface area (TPSA) is 67.4 Å². The first-order valence-corrected chi connectivity index (χ1v) is 7.85. The zero-order valence-corrected chi connectivity index (χ0v) is 14.1. The predicted molar refractivity (Wildman–Crippen MR) is 93.8 cm³/mol. The summed E-state index contributed by atoms with van der Waals surface area (Å²) in [7, 11) is 0. The fraction of sp³-hybridized carbons (Fsp3) is 0.263. The number of hydrogen-bond donors (Lipinski definition) is 2. The van der Waals surface area contributed by atoms with Crippen molar-refractivity contribution in [2.24, 2.45) is 0 Å². The van der Waals surface area contributed by atoms with Gasteiger partial charge in [-0.3, -0.25) is 9.59 Å². The molecule has 5 nitrogen and oxygen atoms in total. The second-order valence-corrected chi connectivity index (χ2v) is 5.61. The number of rotatable bonds is 6. The van der Waals surface area contributed by atoms with E-state index in [0.29, 0.717) is 11.4 Å². The molecule has 0 bridgehead atoms. The van der Waals surface area contributed by atoms with E-state index < -0.39 is 6.10 Å². The summed E-state index contributed by atoms with van der Waals surface area (Å²) in [6, 6.07) is 16.6. The van der Waals surface area contributed by atoms with E-state index in [0.717, 1.165) is 5.56 Å². The van der Waals surface area contributed by atoms with E-state index in [2.05, 4.69) is 10.6 Å². The summed E-state index contributed by atoms with van der Waals surface area (Å²) in [6.07, 6.45) is -0.622. The van der Waals surface area contributed by atoms with Crippen LogP contribution in [0.3, 0.4) is 0 Å². The van der Waals surface area contributed by atoms with Gasteiger partial charge in [0.15, 0.2) is 6.10 Å². The molecule has 2 N–H and O–H groups in total. The van der Waals surface area contributed by atoms with E-state index in [-0.39, 0.29) is 17.9 Å². The maximum atomic E-state index is 12.3. The van der Waals surface area contributed by atoms with Crippen LogP contribution in [-0.2, 0) is 9.59 Å². The first-order valence-electron chi connectivity index (χ1n) is 7.85. The van der Waals surface area contributed by atoms with Crippen molar-refractivity contribution >= 4 is 17.5 Å². The van der Waals surface area contributed by atoms with Crippen LogP contribution in [0.1, 0.15) is 32.4 Å². The Hall–Kier alpha value is -2.82. The number of nitrogens with one attached hydrogen (secondary N) is 2. The lowest BCUT2D eigenvalue weighted by Crippen LogP contribution is -2.37. The normalized spacial score (nSPS) is 12.8. The van der Waals surface area contributed by atoms with Crippen LogP contribution in [0, 0.1) is 0 Å². The molecule has 0 spiro atoms. The lowest BCUT2D eigenvalue weighted by molar-refractivity contribution is -0.128. The summed E-state index contributed by atoms with van der Waals surface area (Å²) < 4.78 is 5.65. The molecular weight excluding hydrogens is 304 g/mol. The van der Waals surface area contributed by atoms with Crippen molar-refractivity contribution in [1.29, 1.82) is 0 Å². The van der Waals surface area contributed by atoms with Crippen LogP contribution in [0.5, 0.6) is 5.75 Å². The van der Waals surface area contributed by atoms with Gasteiger partial charge >= 0.3 is 0 Å². The molecule has 0 unspecified atom stereocenters. The predicted octanol–water partition coefficient (Wildman–Crippen LogP) is 3.29. The van der Waals surface area contributed by atoms with E-state index in [4.69, 9.17) is 4.74 Å². The van der Waals surface area contributed by atoms with Gasteiger partial charge in [0.2, 0.25) is 5.91 Å². The summed E-state index contributed by atoms with van der Waals surface area (Å²) in [4.78, 5) is 23.2. The molecule has 0 aromatic heterocycles. The zero-order valence-electron chi connectivity index (χ0n) is 14.1. The van der Waals surface area contributed by atoms with E-state index in [1.165, 1.54) is 6.92 Å². The Morgan fingerprint density at radius 3 is 2.17 bits per heavy atom. The molecule has 0 saturated carbocycles. The lowest BCUT2D eigenvalue weighted by atomic mass is 10.1. The van der Waals surface area contributed by atoms with Crippen molar-refractivity contribution in [3.63, 3.8) is 0 Å². The Kier molecular flexibility index (Phi) is 5.95. The van der Waals surface area contributed by atoms with Gasteiger partial charge in [-0.25, -0.2) is 0 Å². The van der Waals surface area contributed by atoms with Gasteiger partial charge in [-0.2, -0.15) is 0 Å². The fourth-order valence-electron chi connectivity index (χ4n) is 2.23. The van der Waals surface area contributed by atoms with Crippen molar-refractivity contribution in [1.82, 2.24) is 5.32 Å². The summed E-state index contributed by atoms with van der Waals surface area (Å²) in [6.45, 7) is 5.08.